The number of nitrogens with zero attached hydrogens (tertiary/aromatic N) is 2. The second-order valence-electron chi connectivity index (χ2n) is 7.89. The number of piperazine rings is 1. The Labute approximate surface area is 183 Å². The Balaban J connectivity index is 1.84. The van der Waals surface area contributed by atoms with E-state index in [2.05, 4.69) is 0 Å². The van der Waals surface area contributed by atoms with Crippen LogP contribution in [0.5, 0.6) is 0 Å². The van der Waals surface area contributed by atoms with Gasteiger partial charge in [0.15, 0.2) is 0 Å². The maximum Gasteiger partial charge on any atom is 0.243 e. The van der Waals surface area contributed by atoms with E-state index in [1.165, 1.54) is 4.31 Å². The number of sulfonamides is 1. The Kier molecular flexibility index (Phi) is 6.57. The molecule has 30 heavy (non-hydrogen) atoms. The van der Waals surface area contributed by atoms with E-state index in [0.29, 0.717) is 36.1 Å². The number of nitrogens with two attached hydrogens (primary N) is 1. The summed E-state index contributed by atoms with van der Waals surface area (Å²) >= 11 is 5.95. The molecule has 1 saturated heterocycles. The van der Waals surface area contributed by atoms with Gasteiger partial charge in [-0.2, -0.15) is 4.31 Å². The van der Waals surface area contributed by atoms with E-state index in [4.69, 9.17) is 17.3 Å². The molecule has 2 N–H and O–H groups in total. The van der Waals surface area contributed by atoms with Gasteiger partial charge < -0.3 is 5.73 Å². The van der Waals surface area contributed by atoms with Crippen LogP contribution in [0.4, 0.5) is 0 Å². The molecule has 0 bridgehead atoms. The van der Waals surface area contributed by atoms with Crippen molar-refractivity contribution in [1.29, 1.82) is 0 Å². The second-order valence-corrected chi connectivity index (χ2v) is 10.2. The van der Waals surface area contributed by atoms with E-state index >= 15 is 0 Å². The topological polar surface area (TPSA) is 83.7 Å². The number of hydrogen-bond donors (Lipinski definition) is 1. The molecule has 8 heteroatoms. The fourth-order valence-corrected chi connectivity index (χ4v) is 6.22. The molecule has 162 valence electrons. The van der Waals surface area contributed by atoms with Gasteiger partial charge in [0, 0.05) is 31.2 Å². The SMILES string of the molecule is Cc1cc(C)c(C)c(S(=O)(=O)N2CCN([C@H](C(N)=O)c3ccc(Cl)cc3)CC2)c1C. The summed E-state index contributed by atoms with van der Waals surface area (Å²) in [5.74, 6) is -0.463. The van der Waals surface area contributed by atoms with Crippen LogP contribution in [0.2, 0.25) is 5.02 Å². The second kappa shape index (κ2) is 8.67. The lowest BCUT2D eigenvalue weighted by atomic mass is 10.0. The number of hydrogen-bond acceptors (Lipinski definition) is 4. The number of carbonyl (C=O) groups is 1. The molecule has 1 aliphatic rings. The van der Waals surface area contributed by atoms with Crippen LogP contribution in [0, 0.1) is 27.7 Å². The summed E-state index contributed by atoms with van der Waals surface area (Å²) in [6, 6.07) is 8.41. The van der Waals surface area contributed by atoms with E-state index in [9.17, 15) is 13.2 Å². The molecule has 1 amide bonds. The summed E-state index contributed by atoms with van der Waals surface area (Å²) in [7, 11) is -3.63. The summed E-state index contributed by atoms with van der Waals surface area (Å²) in [6.07, 6.45) is 0. The van der Waals surface area contributed by atoms with Crippen LogP contribution in [-0.2, 0) is 14.8 Å². The molecule has 3 rings (SSSR count). The Morgan fingerprint density at radius 3 is 1.93 bits per heavy atom. The Morgan fingerprint density at radius 1 is 0.967 bits per heavy atom. The van der Waals surface area contributed by atoms with Gasteiger partial charge in [0.25, 0.3) is 0 Å². The number of halogens is 1. The van der Waals surface area contributed by atoms with Crippen LogP contribution in [0.3, 0.4) is 0 Å². The van der Waals surface area contributed by atoms with Crippen molar-refractivity contribution in [2.75, 3.05) is 26.2 Å². The molecule has 1 aliphatic heterocycles. The van der Waals surface area contributed by atoms with Crippen LogP contribution >= 0.6 is 11.6 Å². The summed E-state index contributed by atoms with van der Waals surface area (Å²) in [6.45, 7) is 9.00. The summed E-state index contributed by atoms with van der Waals surface area (Å²) < 4.78 is 28.4. The zero-order valence-electron chi connectivity index (χ0n) is 17.8. The summed E-state index contributed by atoms with van der Waals surface area (Å²) in [5.41, 5.74) is 9.94. The van der Waals surface area contributed by atoms with E-state index in [0.717, 1.165) is 27.8 Å². The Bertz CT molecular complexity index is 1030. The third kappa shape index (κ3) is 4.25. The molecular weight excluding hydrogens is 422 g/mol. The van der Waals surface area contributed by atoms with Crippen molar-refractivity contribution in [3.63, 3.8) is 0 Å². The van der Waals surface area contributed by atoms with Gasteiger partial charge in [0.2, 0.25) is 15.9 Å². The molecule has 0 saturated carbocycles. The highest BCUT2D eigenvalue weighted by atomic mass is 35.5. The normalized spacial score (nSPS) is 17.1. The molecule has 0 unspecified atom stereocenters. The van der Waals surface area contributed by atoms with Gasteiger partial charge in [0.1, 0.15) is 6.04 Å². The Hall–Kier alpha value is -1.93. The standard InChI is InChI=1S/C22H28ClN3O3S/c1-14-13-15(2)17(4)21(16(14)3)30(28,29)26-11-9-25(10-12-26)20(22(24)27)18-5-7-19(23)8-6-18/h5-8,13,20H,9-12H2,1-4H3,(H2,24,27)/t20-/m0/s1. The maximum absolute atomic E-state index is 13.5. The smallest absolute Gasteiger partial charge is 0.243 e. The number of amides is 1. The van der Waals surface area contributed by atoms with Gasteiger partial charge in [-0.25, -0.2) is 8.42 Å². The minimum atomic E-state index is -3.63. The summed E-state index contributed by atoms with van der Waals surface area (Å²) in [4.78, 5) is 14.5. The number of rotatable bonds is 5. The number of primary amides is 1. The van der Waals surface area contributed by atoms with E-state index in [-0.39, 0.29) is 0 Å². The van der Waals surface area contributed by atoms with Crippen LogP contribution in [0.15, 0.2) is 35.2 Å². The van der Waals surface area contributed by atoms with Crippen molar-refractivity contribution in [3.8, 4) is 0 Å². The zero-order chi connectivity index (χ0) is 22.2. The number of carbonyl (C=O) groups excluding carboxylic acids is 1. The number of aryl methyl sites for hydroxylation is 2. The first kappa shape index (κ1) is 22.7. The van der Waals surface area contributed by atoms with Crippen molar-refractivity contribution < 1.29 is 13.2 Å². The molecular formula is C22H28ClN3O3S. The molecule has 6 nitrogen and oxygen atoms in total. The van der Waals surface area contributed by atoms with Crippen LogP contribution < -0.4 is 5.73 Å². The molecule has 1 atom stereocenters. The van der Waals surface area contributed by atoms with Gasteiger partial charge in [0.05, 0.1) is 4.90 Å². The lowest BCUT2D eigenvalue weighted by Gasteiger charge is -2.38. The van der Waals surface area contributed by atoms with Crippen molar-refractivity contribution in [2.24, 2.45) is 5.73 Å². The zero-order valence-corrected chi connectivity index (χ0v) is 19.3. The van der Waals surface area contributed by atoms with E-state index in [1.54, 1.807) is 24.3 Å². The molecule has 0 spiro atoms. The van der Waals surface area contributed by atoms with Gasteiger partial charge in [-0.05, 0) is 67.6 Å². The largest absolute Gasteiger partial charge is 0.368 e. The first-order valence-electron chi connectivity index (χ1n) is 9.90. The van der Waals surface area contributed by atoms with Crippen molar-refractivity contribution in [1.82, 2.24) is 9.21 Å². The average molecular weight is 450 g/mol. The maximum atomic E-state index is 13.5. The third-order valence-electron chi connectivity index (χ3n) is 5.99. The van der Waals surface area contributed by atoms with Gasteiger partial charge >= 0.3 is 0 Å². The molecule has 0 aromatic heterocycles. The highest BCUT2D eigenvalue weighted by Crippen LogP contribution is 2.30. The fraction of sp³-hybridized carbons (Fsp3) is 0.409. The van der Waals surface area contributed by atoms with Gasteiger partial charge in [-0.1, -0.05) is 29.8 Å². The molecule has 1 heterocycles. The third-order valence-corrected chi connectivity index (χ3v) is 8.41. The minimum absolute atomic E-state index is 0.297. The first-order chi connectivity index (χ1) is 14.0. The van der Waals surface area contributed by atoms with E-state index < -0.39 is 22.0 Å². The highest BCUT2D eigenvalue weighted by Gasteiger charge is 2.35. The van der Waals surface area contributed by atoms with E-state index in [1.807, 2.05) is 38.7 Å². The van der Waals surface area contributed by atoms with Gasteiger partial charge in [-0.15, -0.1) is 0 Å². The molecule has 2 aromatic rings. The quantitative estimate of drug-likeness (QED) is 0.760. The number of benzene rings is 2. The first-order valence-corrected chi connectivity index (χ1v) is 11.7. The van der Waals surface area contributed by atoms with Crippen LogP contribution in [0.25, 0.3) is 0 Å². The Morgan fingerprint density at radius 2 is 1.47 bits per heavy atom. The molecule has 2 aromatic carbocycles. The molecule has 1 fully saturated rings. The average Bonchev–Trinajstić information content (AvgIpc) is 2.68. The fourth-order valence-electron chi connectivity index (χ4n) is 4.10. The molecule has 0 aliphatic carbocycles. The van der Waals surface area contributed by atoms with Gasteiger partial charge in [-0.3, -0.25) is 9.69 Å². The lowest BCUT2D eigenvalue weighted by molar-refractivity contribution is -0.124. The summed E-state index contributed by atoms with van der Waals surface area (Å²) in [5, 5.41) is 0.581. The van der Waals surface area contributed by atoms with Crippen molar-refractivity contribution >= 4 is 27.5 Å². The highest BCUT2D eigenvalue weighted by molar-refractivity contribution is 7.89. The van der Waals surface area contributed by atoms with Crippen molar-refractivity contribution in [3.05, 3.63) is 63.2 Å². The monoisotopic (exact) mass is 449 g/mol. The van der Waals surface area contributed by atoms with Crippen molar-refractivity contribution in [2.45, 2.75) is 38.6 Å². The molecule has 0 radical (unpaired) electrons. The minimum Gasteiger partial charge on any atom is -0.368 e. The van der Waals surface area contributed by atoms with Crippen LogP contribution in [-0.4, -0.2) is 49.7 Å². The predicted molar refractivity (Wildman–Crippen MR) is 119 cm³/mol. The predicted octanol–water partition coefficient (Wildman–Crippen LogP) is 3.11. The lowest BCUT2D eigenvalue weighted by Crippen LogP contribution is -2.51. The van der Waals surface area contributed by atoms with Crippen LogP contribution in [0.1, 0.15) is 33.9 Å².